The van der Waals surface area contributed by atoms with E-state index in [-0.39, 0.29) is 17.9 Å². The molecular weight excluding hydrogens is 634 g/mol. The van der Waals surface area contributed by atoms with Crippen LogP contribution in [0.1, 0.15) is 171 Å². The van der Waals surface area contributed by atoms with E-state index < -0.39 is 11.9 Å². The zero-order valence-corrected chi connectivity index (χ0v) is 30.4. The number of benzene rings is 5. The Morgan fingerprint density at radius 2 is 0.765 bits per heavy atom. The van der Waals surface area contributed by atoms with Crippen molar-refractivity contribution in [3.8, 4) is 0 Å². The van der Waals surface area contributed by atoms with Crippen LogP contribution in [-0.2, 0) is 4.74 Å². The summed E-state index contributed by atoms with van der Waals surface area (Å²) in [5, 5.41) is 6.60. The molecule has 6 heteroatoms. The molecule has 0 bridgehead atoms. The van der Waals surface area contributed by atoms with Crippen molar-refractivity contribution in [2.45, 2.75) is 135 Å². The molecular formula is C45H51NO5. The van der Waals surface area contributed by atoms with E-state index in [9.17, 15) is 19.2 Å². The number of hydrogen-bond donors (Lipinski definition) is 0. The third-order valence-corrected chi connectivity index (χ3v) is 11.6. The third-order valence-electron chi connectivity index (χ3n) is 11.6. The Labute approximate surface area is 301 Å². The number of unbranched alkanes of at least 4 members (excludes halogenated alkanes) is 14. The standard InChI is InChI=1S/C45H51NO5/c1-3-5-7-9-11-13-15-17-19-29(20-18-16-14-12-10-8-6-4-2)46-42(47)34-25-21-30-32-23-27-36-41-37(45(50)51-44(36)49)28-24-33(39(32)41)31-22-26-35(43(46)48)40(34)38(30)31/h21-29H,3-20H2,1-2H3. The molecule has 6 nitrogen and oxygen atoms in total. The van der Waals surface area contributed by atoms with E-state index in [1.165, 1.54) is 77.0 Å². The summed E-state index contributed by atoms with van der Waals surface area (Å²) in [6, 6.07) is 14.9. The van der Waals surface area contributed by atoms with Crippen LogP contribution < -0.4 is 0 Å². The number of hydrogen-bond acceptors (Lipinski definition) is 5. The summed E-state index contributed by atoms with van der Waals surface area (Å²) in [6.07, 6.45) is 21.2. The highest BCUT2D eigenvalue weighted by Crippen LogP contribution is 2.46. The first-order chi connectivity index (χ1) is 25.0. The van der Waals surface area contributed by atoms with E-state index >= 15 is 0 Å². The van der Waals surface area contributed by atoms with Gasteiger partial charge in [0.1, 0.15) is 0 Å². The predicted molar refractivity (Wildman–Crippen MR) is 206 cm³/mol. The summed E-state index contributed by atoms with van der Waals surface area (Å²) in [5.41, 5.74) is 1.91. The van der Waals surface area contributed by atoms with Gasteiger partial charge >= 0.3 is 11.9 Å². The number of amides is 2. The fourth-order valence-electron chi connectivity index (χ4n) is 8.89. The Balaban J connectivity index is 1.20. The topological polar surface area (TPSA) is 80.8 Å². The zero-order valence-electron chi connectivity index (χ0n) is 30.4. The summed E-state index contributed by atoms with van der Waals surface area (Å²) in [4.78, 5) is 56.1. The van der Waals surface area contributed by atoms with E-state index in [1.54, 1.807) is 17.0 Å². The molecule has 0 fully saturated rings. The highest BCUT2D eigenvalue weighted by Gasteiger charge is 2.38. The Morgan fingerprint density at radius 1 is 0.431 bits per heavy atom. The lowest BCUT2D eigenvalue weighted by Gasteiger charge is -2.35. The molecule has 0 N–H and O–H groups in total. The van der Waals surface area contributed by atoms with Crippen LogP contribution in [-0.4, -0.2) is 34.7 Å². The number of nitrogens with zero attached hydrogens (tertiary/aromatic N) is 1. The van der Waals surface area contributed by atoms with Crippen LogP contribution in [0.3, 0.4) is 0 Å². The number of rotatable bonds is 19. The molecule has 0 aliphatic carbocycles. The molecule has 2 heterocycles. The molecule has 266 valence electrons. The van der Waals surface area contributed by atoms with Crippen LogP contribution in [0.5, 0.6) is 0 Å². The molecule has 2 aliphatic rings. The molecule has 2 aliphatic heterocycles. The number of carbonyl (C=O) groups excluding carboxylic acids is 4. The second-order valence-electron chi connectivity index (χ2n) is 15.0. The second-order valence-corrected chi connectivity index (χ2v) is 15.0. The monoisotopic (exact) mass is 685 g/mol. The lowest BCUT2D eigenvalue weighted by atomic mass is 9.82. The van der Waals surface area contributed by atoms with Gasteiger partial charge in [-0.2, -0.15) is 0 Å². The summed E-state index contributed by atoms with van der Waals surface area (Å²) in [6.45, 7) is 4.49. The molecule has 0 spiro atoms. The van der Waals surface area contributed by atoms with E-state index in [1.807, 2.05) is 36.4 Å². The highest BCUT2D eigenvalue weighted by atomic mass is 16.6. The van der Waals surface area contributed by atoms with Crippen molar-refractivity contribution in [2.24, 2.45) is 0 Å². The largest absolute Gasteiger partial charge is 0.386 e. The summed E-state index contributed by atoms with van der Waals surface area (Å²) < 4.78 is 5.02. The number of ether oxygens (including phenoxy) is 1. The highest BCUT2D eigenvalue weighted by molar-refractivity contribution is 6.40. The zero-order chi connectivity index (χ0) is 35.5. The van der Waals surface area contributed by atoms with E-state index in [2.05, 4.69) is 13.8 Å². The minimum atomic E-state index is -0.642. The van der Waals surface area contributed by atoms with Gasteiger partial charge in [0, 0.05) is 27.9 Å². The average Bonchev–Trinajstić information content (AvgIpc) is 3.14. The molecule has 0 atom stereocenters. The smallest absolute Gasteiger partial charge is 0.346 e. The van der Waals surface area contributed by atoms with Crippen LogP contribution in [0.2, 0.25) is 0 Å². The van der Waals surface area contributed by atoms with E-state index in [0.717, 1.165) is 70.8 Å². The minimum Gasteiger partial charge on any atom is -0.386 e. The predicted octanol–water partition coefficient (Wildman–Crippen LogP) is 12.1. The summed E-state index contributed by atoms with van der Waals surface area (Å²) >= 11 is 0. The normalized spacial score (nSPS) is 14.4. The fraction of sp³-hybridized carbons (Fsp3) is 0.467. The molecule has 5 aromatic carbocycles. The molecule has 2 amide bonds. The Kier molecular flexibility index (Phi) is 10.7. The number of carbonyl (C=O) groups is 4. The van der Waals surface area contributed by atoms with Crippen LogP contribution in [0, 0.1) is 0 Å². The SMILES string of the molecule is CCCCCCCCCCC(CCCCCCCCCC)N1C(=O)c2ccc3c4ccc5c6c(ccc(c7ccc(c2c37)C1=O)c64)C(=O)OC5=O. The first kappa shape index (κ1) is 35.1. The first-order valence-corrected chi connectivity index (χ1v) is 19.8. The lowest BCUT2D eigenvalue weighted by molar-refractivity contribution is 0.0389. The van der Waals surface area contributed by atoms with Crippen molar-refractivity contribution in [1.82, 2.24) is 4.90 Å². The van der Waals surface area contributed by atoms with Gasteiger partial charge in [0.25, 0.3) is 11.8 Å². The van der Waals surface area contributed by atoms with Gasteiger partial charge in [0.2, 0.25) is 0 Å². The van der Waals surface area contributed by atoms with Crippen molar-refractivity contribution in [3.05, 3.63) is 70.8 Å². The maximum absolute atomic E-state index is 14.5. The van der Waals surface area contributed by atoms with E-state index in [4.69, 9.17) is 4.74 Å². The Bertz CT molecular complexity index is 1970. The van der Waals surface area contributed by atoms with E-state index in [0.29, 0.717) is 33.0 Å². The number of cyclic esters (lactones) is 2. The second kappa shape index (κ2) is 15.5. The van der Waals surface area contributed by atoms with Gasteiger partial charge in [-0.1, -0.05) is 141 Å². The Hall–Kier alpha value is -4.32. The van der Waals surface area contributed by atoms with Crippen molar-refractivity contribution in [1.29, 1.82) is 0 Å². The fourth-order valence-corrected chi connectivity index (χ4v) is 8.89. The minimum absolute atomic E-state index is 0.116. The maximum atomic E-state index is 14.5. The summed E-state index contributed by atoms with van der Waals surface area (Å²) in [7, 11) is 0. The molecule has 0 saturated heterocycles. The van der Waals surface area contributed by atoms with Gasteiger partial charge in [-0.05, 0) is 69.4 Å². The van der Waals surface area contributed by atoms with Crippen molar-refractivity contribution in [2.75, 3.05) is 0 Å². The molecule has 7 rings (SSSR count). The van der Waals surface area contributed by atoms with Crippen molar-refractivity contribution < 1.29 is 23.9 Å². The van der Waals surface area contributed by atoms with Crippen LogP contribution >= 0.6 is 0 Å². The van der Waals surface area contributed by atoms with Gasteiger partial charge in [0.05, 0.1) is 11.1 Å². The van der Waals surface area contributed by atoms with Gasteiger partial charge in [0.15, 0.2) is 0 Å². The number of imide groups is 1. The molecule has 0 aromatic heterocycles. The Morgan fingerprint density at radius 3 is 1.16 bits per heavy atom. The maximum Gasteiger partial charge on any atom is 0.346 e. The molecule has 5 aromatic rings. The average molecular weight is 686 g/mol. The number of esters is 2. The van der Waals surface area contributed by atoms with Gasteiger partial charge in [-0.15, -0.1) is 0 Å². The van der Waals surface area contributed by atoms with Gasteiger partial charge in [-0.3, -0.25) is 14.5 Å². The third kappa shape index (κ3) is 6.51. The summed E-state index contributed by atoms with van der Waals surface area (Å²) in [5.74, 6) is -1.66. The molecule has 51 heavy (non-hydrogen) atoms. The van der Waals surface area contributed by atoms with Crippen LogP contribution in [0.4, 0.5) is 0 Å². The van der Waals surface area contributed by atoms with Crippen LogP contribution in [0.15, 0.2) is 48.5 Å². The lowest BCUT2D eigenvalue weighted by Crippen LogP contribution is -2.47. The van der Waals surface area contributed by atoms with Crippen molar-refractivity contribution >= 4 is 66.8 Å². The number of fused-ring (bicyclic) bond motifs is 2. The van der Waals surface area contributed by atoms with Crippen LogP contribution in [0.25, 0.3) is 43.1 Å². The van der Waals surface area contributed by atoms with Gasteiger partial charge < -0.3 is 4.74 Å². The molecule has 0 saturated carbocycles. The first-order valence-electron chi connectivity index (χ1n) is 19.8. The van der Waals surface area contributed by atoms with Crippen molar-refractivity contribution in [3.63, 3.8) is 0 Å². The molecule has 0 unspecified atom stereocenters. The molecule has 0 radical (unpaired) electrons. The van der Waals surface area contributed by atoms with Gasteiger partial charge in [-0.25, -0.2) is 9.59 Å². The quantitative estimate of drug-likeness (QED) is 0.0216.